The van der Waals surface area contributed by atoms with Gasteiger partial charge in [0.25, 0.3) is 5.91 Å². The van der Waals surface area contributed by atoms with E-state index < -0.39 is 5.60 Å². The van der Waals surface area contributed by atoms with Crippen LogP contribution in [0.1, 0.15) is 56.8 Å². The first kappa shape index (κ1) is 18.4. The number of hydrogen-bond donors (Lipinski definition) is 0. The molecule has 2 aliphatic heterocycles. The first-order chi connectivity index (χ1) is 12.3. The van der Waals surface area contributed by atoms with Crippen LogP contribution in [0.3, 0.4) is 0 Å². The zero-order valence-electron chi connectivity index (χ0n) is 15.7. The van der Waals surface area contributed by atoms with Crippen LogP contribution in [0.5, 0.6) is 5.75 Å². The van der Waals surface area contributed by atoms with Crippen LogP contribution in [-0.4, -0.2) is 47.7 Å². The van der Waals surface area contributed by atoms with E-state index in [-0.39, 0.29) is 24.1 Å². The van der Waals surface area contributed by atoms with E-state index in [9.17, 15) is 14.4 Å². The molecule has 26 heavy (non-hydrogen) atoms. The maximum atomic E-state index is 12.9. The lowest BCUT2D eigenvalue weighted by atomic mass is 10.0. The Kier molecular flexibility index (Phi) is 5.03. The summed E-state index contributed by atoms with van der Waals surface area (Å²) in [5, 5.41) is 0. The maximum Gasteiger partial charge on any atom is 0.271 e. The van der Waals surface area contributed by atoms with E-state index in [4.69, 9.17) is 4.74 Å². The Morgan fingerprint density at radius 1 is 1.12 bits per heavy atom. The Bertz CT molecular complexity index is 733. The highest BCUT2D eigenvalue weighted by Crippen LogP contribution is 2.38. The molecule has 0 aliphatic carbocycles. The van der Waals surface area contributed by atoms with Crippen LogP contribution in [0.15, 0.2) is 18.2 Å². The molecule has 0 radical (unpaired) electrons. The summed E-state index contributed by atoms with van der Waals surface area (Å²) in [5.41, 5.74) is -0.0682. The van der Waals surface area contributed by atoms with Gasteiger partial charge < -0.3 is 9.64 Å². The highest BCUT2D eigenvalue weighted by atomic mass is 16.5. The number of anilines is 1. The fourth-order valence-electron chi connectivity index (χ4n) is 3.50. The van der Waals surface area contributed by atoms with Gasteiger partial charge in [0, 0.05) is 18.7 Å². The molecule has 140 valence electrons. The monoisotopic (exact) mass is 358 g/mol. The molecule has 2 heterocycles. The summed E-state index contributed by atoms with van der Waals surface area (Å²) >= 11 is 0. The van der Waals surface area contributed by atoms with Gasteiger partial charge in [-0.2, -0.15) is 0 Å². The maximum absolute atomic E-state index is 12.9. The van der Waals surface area contributed by atoms with Gasteiger partial charge in [-0.1, -0.05) is 12.8 Å². The zero-order chi connectivity index (χ0) is 18.9. The summed E-state index contributed by atoms with van der Waals surface area (Å²) in [6.45, 7) is 6.31. The Labute approximate surface area is 154 Å². The molecule has 0 N–H and O–H groups in total. The van der Waals surface area contributed by atoms with Crippen molar-refractivity contribution in [3.8, 4) is 5.75 Å². The van der Waals surface area contributed by atoms with E-state index in [2.05, 4.69) is 0 Å². The second-order valence-corrected chi connectivity index (χ2v) is 7.54. The average molecular weight is 358 g/mol. The van der Waals surface area contributed by atoms with Crippen LogP contribution < -0.4 is 9.64 Å². The van der Waals surface area contributed by atoms with Gasteiger partial charge in [0.15, 0.2) is 11.4 Å². The Morgan fingerprint density at radius 3 is 2.38 bits per heavy atom. The molecule has 3 rings (SSSR count). The number of amides is 2. The molecule has 1 fully saturated rings. The summed E-state index contributed by atoms with van der Waals surface area (Å²) in [6.07, 6.45) is 4.27. The van der Waals surface area contributed by atoms with Crippen molar-refractivity contribution in [1.29, 1.82) is 0 Å². The number of carbonyl (C=O) groups excluding carboxylic acids is 3. The molecule has 2 aliphatic rings. The SMILES string of the molecule is CC(=O)c1ccc2c(c1)N(CC(=O)N1CCCCCC1)C(=O)C(C)(C)O2. The van der Waals surface area contributed by atoms with Gasteiger partial charge in [-0.25, -0.2) is 0 Å². The van der Waals surface area contributed by atoms with E-state index in [1.54, 1.807) is 32.0 Å². The number of fused-ring (bicyclic) bond motifs is 1. The van der Waals surface area contributed by atoms with E-state index in [0.29, 0.717) is 17.0 Å². The number of ketones is 1. The van der Waals surface area contributed by atoms with Crippen molar-refractivity contribution >= 4 is 23.3 Å². The Hall–Kier alpha value is -2.37. The number of likely N-dealkylation sites (tertiary alicyclic amines) is 1. The molecule has 0 unspecified atom stereocenters. The Morgan fingerprint density at radius 2 is 1.77 bits per heavy atom. The van der Waals surface area contributed by atoms with Gasteiger partial charge in [0.2, 0.25) is 5.91 Å². The third-order valence-corrected chi connectivity index (χ3v) is 5.03. The molecule has 0 bridgehead atoms. The number of benzene rings is 1. The van der Waals surface area contributed by atoms with Crippen molar-refractivity contribution in [3.63, 3.8) is 0 Å². The highest BCUT2D eigenvalue weighted by molar-refractivity contribution is 6.07. The number of ether oxygens (including phenoxy) is 1. The van der Waals surface area contributed by atoms with E-state index in [1.807, 2.05) is 4.90 Å². The molecule has 1 saturated heterocycles. The van der Waals surface area contributed by atoms with Crippen molar-refractivity contribution in [2.45, 2.75) is 52.1 Å². The molecule has 2 amide bonds. The largest absolute Gasteiger partial charge is 0.476 e. The van der Waals surface area contributed by atoms with Crippen LogP contribution in [-0.2, 0) is 9.59 Å². The highest BCUT2D eigenvalue weighted by Gasteiger charge is 2.42. The van der Waals surface area contributed by atoms with Crippen LogP contribution in [0, 0.1) is 0 Å². The number of carbonyl (C=O) groups is 3. The molecular formula is C20H26N2O4. The summed E-state index contributed by atoms with van der Waals surface area (Å²) in [5.74, 6) is 0.0955. The first-order valence-corrected chi connectivity index (χ1v) is 9.23. The first-order valence-electron chi connectivity index (χ1n) is 9.23. The molecule has 6 heteroatoms. The van der Waals surface area contributed by atoms with Crippen LogP contribution in [0.4, 0.5) is 5.69 Å². The molecular weight excluding hydrogens is 332 g/mol. The minimum absolute atomic E-state index is 0.0278. The number of hydrogen-bond acceptors (Lipinski definition) is 4. The molecule has 0 aromatic heterocycles. The van der Waals surface area contributed by atoms with Crippen molar-refractivity contribution in [2.24, 2.45) is 0 Å². The molecule has 1 aromatic rings. The minimum atomic E-state index is -1.05. The lowest BCUT2D eigenvalue weighted by molar-refractivity contribution is -0.136. The zero-order valence-corrected chi connectivity index (χ0v) is 15.7. The quantitative estimate of drug-likeness (QED) is 0.779. The fourth-order valence-corrected chi connectivity index (χ4v) is 3.50. The Balaban J connectivity index is 1.91. The van der Waals surface area contributed by atoms with Crippen LogP contribution >= 0.6 is 0 Å². The van der Waals surface area contributed by atoms with E-state index in [0.717, 1.165) is 38.8 Å². The fraction of sp³-hybridized carbons (Fsp3) is 0.550. The average Bonchev–Trinajstić information content (AvgIpc) is 2.87. The van der Waals surface area contributed by atoms with Crippen molar-refractivity contribution in [3.05, 3.63) is 23.8 Å². The van der Waals surface area contributed by atoms with Crippen molar-refractivity contribution in [2.75, 3.05) is 24.5 Å². The topological polar surface area (TPSA) is 66.9 Å². The smallest absolute Gasteiger partial charge is 0.271 e. The normalized spacial score (nSPS) is 19.4. The van der Waals surface area contributed by atoms with Gasteiger partial charge in [-0.3, -0.25) is 19.3 Å². The van der Waals surface area contributed by atoms with E-state index >= 15 is 0 Å². The third-order valence-electron chi connectivity index (χ3n) is 5.03. The predicted molar refractivity (Wildman–Crippen MR) is 98.6 cm³/mol. The molecule has 0 atom stereocenters. The third kappa shape index (κ3) is 3.59. The van der Waals surface area contributed by atoms with Gasteiger partial charge >= 0.3 is 0 Å². The second-order valence-electron chi connectivity index (χ2n) is 7.54. The van der Waals surface area contributed by atoms with Crippen LogP contribution in [0.2, 0.25) is 0 Å². The summed E-state index contributed by atoms with van der Waals surface area (Å²) in [7, 11) is 0. The summed E-state index contributed by atoms with van der Waals surface area (Å²) in [4.78, 5) is 40.8. The molecule has 0 spiro atoms. The second kappa shape index (κ2) is 7.09. The van der Waals surface area contributed by atoms with Crippen molar-refractivity contribution in [1.82, 2.24) is 4.90 Å². The standard InChI is InChI=1S/C20H26N2O4/c1-14(23)15-8-9-17-16(12-15)22(19(25)20(2,3)26-17)13-18(24)21-10-6-4-5-7-11-21/h8-9,12H,4-7,10-11,13H2,1-3H3. The summed E-state index contributed by atoms with van der Waals surface area (Å²) in [6, 6.07) is 5.02. The lowest BCUT2D eigenvalue weighted by Gasteiger charge is -2.39. The van der Waals surface area contributed by atoms with Gasteiger partial charge in [0.1, 0.15) is 12.3 Å². The number of nitrogens with zero attached hydrogens (tertiary/aromatic N) is 2. The lowest BCUT2D eigenvalue weighted by Crippen LogP contribution is -2.55. The minimum Gasteiger partial charge on any atom is -0.476 e. The summed E-state index contributed by atoms with van der Waals surface area (Å²) < 4.78 is 5.82. The van der Waals surface area contributed by atoms with Crippen molar-refractivity contribution < 1.29 is 19.1 Å². The number of rotatable bonds is 3. The van der Waals surface area contributed by atoms with Gasteiger partial charge in [-0.15, -0.1) is 0 Å². The molecule has 1 aromatic carbocycles. The van der Waals surface area contributed by atoms with Gasteiger partial charge in [-0.05, 0) is 51.8 Å². The molecule has 0 saturated carbocycles. The predicted octanol–water partition coefficient (Wildman–Crippen LogP) is 2.80. The van der Waals surface area contributed by atoms with E-state index in [1.165, 1.54) is 11.8 Å². The van der Waals surface area contributed by atoms with Gasteiger partial charge in [0.05, 0.1) is 5.69 Å². The van der Waals surface area contributed by atoms with Crippen LogP contribution in [0.25, 0.3) is 0 Å². The number of Topliss-reactive ketones (excluding diaryl/α,β-unsaturated/α-hetero) is 1. The molecule has 6 nitrogen and oxygen atoms in total.